The molecule has 28 heavy (non-hydrogen) atoms. The van der Waals surface area contributed by atoms with E-state index >= 15 is 0 Å². The smallest absolute Gasteiger partial charge is 0.302 e. The molecule has 0 spiro atoms. The van der Waals surface area contributed by atoms with Crippen molar-refractivity contribution in [3.8, 4) is 0 Å². The number of H-pyrrole nitrogens is 1. The van der Waals surface area contributed by atoms with Crippen molar-refractivity contribution in [2.24, 2.45) is 5.92 Å². The van der Waals surface area contributed by atoms with Crippen molar-refractivity contribution in [1.82, 2.24) is 9.55 Å². The van der Waals surface area contributed by atoms with Crippen LogP contribution >= 0.6 is 23.5 Å². The minimum absolute atomic E-state index is 0.297. The second-order valence-electron chi connectivity index (χ2n) is 5.69. The maximum Gasteiger partial charge on any atom is 0.490 e. The third kappa shape index (κ3) is 5.97. The lowest BCUT2D eigenvalue weighted by Crippen LogP contribution is -2.50. The van der Waals surface area contributed by atoms with Crippen LogP contribution in [0.5, 0.6) is 0 Å². The molecule has 1 aromatic rings. The molecule has 1 aliphatic rings. The summed E-state index contributed by atoms with van der Waals surface area (Å²) in [7, 11) is -16.6. The summed E-state index contributed by atoms with van der Waals surface area (Å²) in [6.07, 6.45) is -0.679. The first-order valence-corrected chi connectivity index (χ1v) is 11.5. The van der Waals surface area contributed by atoms with Gasteiger partial charge in [0.25, 0.3) is 5.56 Å². The van der Waals surface area contributed by atoms with Crippen molar-refractivity contribution >= 4 is 23.5 Å². The van der Waals surface area contributed by atoms with Gasteiger partial charge in [0.1, 0.15) is 0 Å². The summed E-state index contributed by atoms with van der Waals surface area (Å²) in [5.41, 5.74) is -2.56. The van der Waals surface area contributed by atoms with Crippen LogP contribution in [0.25, 0.3) is 0 Å². The van der Waals surface area contributed by atoms with Crippen LogP contribution < -0.4 is 11.2 Å². The van der Waals surface area contributed by atoms with Gasteiger partial charge in [0.05, 0.1) is 12.8 Å². The molecule has 14 nitrogen and oxygen atoms in total. The topological polar surface area (TPSA) is 215 Å². The lowest BCUT2D eigenvalue weighted by molar-refractivity contribution is -0.0849. The van der Waals surface area contributed by atoms with E-state index in [1.54, 1.807) is 4.98 Å². The SMILES string of the molecule is O=c1[nH]c(=O)n([C@]2(F)C[C@@H](COP(=O)(O)OP(=O)(O)OP(=O)(O)O)C2)cc1F. The van der Waals surface area contributed by atoms with Gasteiger partial charge in [-0.1, -0.05) is 0 Å². The Balaban J connectivity index is 1.96. The number of nitrogens with zero attached hydrogens (tertiary/aromatic N) is 1. The van der Waals surface area contributed by atoms with Crippen LogP contribution in [0.1, 0.15) is 12.8 Å². The minimum atomic E-state index is -5.67. The number of hydrogen-bond donors (Lipinski definition) is 5. The van der Waals surface area contributed by atoms with Gasteiger partial charge in [-0.15, -0.1) is 0 Å². The lowest BCUT2D eigenvalue weighted by atomic mass is 9.78. The molecule has 0 aromatic carbocycles. The van der Waals surface area contributed by atoms with Crippen molar-refractivity contribution in [2.75, 3.05) is 6.61 Å². The fraction of sp³-hybridized carbons (Fsp3) is 0.556. The Labute approximate surface area is 153 Å². The van der Waals surface area contributed by atoms with Crippen LogP contribution in [0, 0.1) is 11.7 Å². The van der Waals surface area contributed by atoms with Crippen LogP contribution in [0.2, 0.25) is 0 Å². The number of phosphoric ester groups is 1. The van der Waals surface area contributed by atoms with Gasteiger partial charge in [0.2, 0.25) is 5.82 Å². The molecule has 0 aliphatic heterocycles. The summed E-state index contributed by atoms with van der Waals surface area (Å²) >= 11 is 0. The number of alkyl halides is 1. The molecule has 5 N–H and O–H groups in total. The van der Waals surface area contributed by atoms with Gasteiger partial charge in [-0.25, -0.2) is 22.9 Å². The summed E-state index contributed by atoms with van der Waals surface area (Å²) in [6, 6.07) is 0. The zero-order valence-corrected chi connectivity index (χ0v) is 16.1. The predicted molar refractivity (Wildman–Crippen MR) is 82.9 cm³/mol. The molecule has 1 heterocycles. The Morgan fingerprint density at radius 3 is 2.25 bits per heavy atom. The van der Waals surface area contributed by atoms with Crippen molar-refractivity contribution in [1.29, 1.82) is 0 Å². The van der Waals surface area contributed by atoms with Gasteiger partial charge >= 0.3 is 29.2 Å². The van der Waals surface area contributed by atoms with Gasteiger partial charge in [0.15, 0.2) is 5.79 Å². The second-order valence-corrected chi connectivity index (χ2v) is 10.1. The average Bonchev–Trinajstić information content (AvgIpc) is 2.42. The highest BCUT2D eigenvalue weighted by atomic mass is 31.3. The monoisotopic (exact) mass is 472 g/mol. The third-order valence-corrected chi connectivity index (χ3v) is 7.23. The Bertz CT molecular complexity index is 1010. The number of aromatic nitrogens is 2. The van der Waals surface area contributed by atoms with Crippen molar-refractivity contribution in [3.05, 3.63) is 32.9 Å². The Hall–Kier alpha value is -1.05. The largest absolute Gasteiger partial charge is 0.490 e. The lowest BCUT2D eigenvalue weighted by Gasteiger charge is -2.41. The summed E-state index contributed by atoms with van der Waals surface area (Å²) in [4.78, 5) is 59.1. The summed E-state index contributed by atoms with van der Waals surface area (Å²) in [5, 5.41) is 0. The van der Waals surface area contributed by atoms with Crippen LogP contribution in [-0.2, 0) is 32.6 Å². The Morgan fingerprint density at radius 1 is 1.14 bits per heavy atom. The van der Waals surface area contributed by atoms with Crippen LogP contribution in [0.4, 0.5) is 8.78 Å². The molecule has 19 heteroatoms. The third-order valence-electron chi connectivity index (χ3n) is 3.42. The van der Waals surface area contributed by atoms with E-state index < -0.39 is 71.7 Å². The highest BCUT2D eigenvalue weighted by Crippen LogP contribution is 2.66. The molecule has 1 aromatic heterocycles. The Morgan fingerprint density at radius 2 is 1.71 bits per heavy atom. The van der Waals surface area contributed by atoms with E-state index in [4.69, 9.17) is 14.7 Å². The summed E-state index contributed by atoms with van der Waals surface area (Å²) < 4.78 is 72.6. The number of phosphoric acid groups is 3. The molecule has 1 fully saturated rings. The molecule has 2 atom stereocenters. The number of hydrogen-bond acceptors (Lipinski definition) is 8. The van der Waals surface area contributed by atoms with Gasteiger partial charge in [0, 0.05) is 12.8 Å². The van der Waals surface area contributed by atoms with Crippen molar-refractivity contribution < 1.29 is 55.2 Å². The molecule has 0 bridgehead atoms. The molecule has 160 valence electrons. The van der Waals surface area contributed by atoms with Crippen LogP contribution in [-0.4, -0.2) is 35.7 Å². The second kappa shape index (κ2) is 7.65. The highest BCUT2D eigenvalue weighted by molar-refractivity contribution is 7.66. The number of nitrogens with one attached hydrogen (secondary N) is 1. The first kappa shape index (κ1) is 23.2. The van der Waals surface area contributed by atoms with Gasteiger partial charge in [-0.2, -0.15) is 13.0 Å². The molecule has 2 unspecified atom stereocenters. The predicted octanol–water partition coefficient (Wildman–Crippen LogP) is 0.0513. The first-order valence-electron chi connectivity index (χ1n) is 7.01. The minimum Gasteiger partial charge on any atom is -0.302 e. The molecule has 0 amide bonds. The number of halogens is 2. The normalized spacial score (nSPS) is 26.9. The van der Waals surface area contributed by atoms with E-state index in [9.17, 15) is 37.0 Å². The van der Waals surface area contributed by atoms with E-state index in [2.05, 4.69) is 13.1 Å². The first-order chi connectivity index (χ1) is 12.5. The molecule has 2 rings (SSSR count). The molecular formula is C9H13F2N2O12P3. The average molecular weight is 472 g/mol. The fourth-order valence-corrected chi connectivity index (χ4v) is 5.48. The fourth-order valence-electron chi connectivity index (χ4n) is 2.39. The zero-order valence-electron chi connectivity index (χ0n) is 13.4. The van der Waals surface area contributed by atoms with E-state index in [0.29, 0.717) is 10.8 Å². The van der Waals surface area contributed by atoms with Crippen LogP contribution in [0.3, 0.4) is 0 Å². The van der Waals surface area contributed by atoms with E-state index in [1.807, 2.05) is 0 Å². The number of rotatable bonds is 8. The van der Waals surface area contributed by atoms with Gasteiger partial charge in [-0.3, -0.25) is 18.9 Å². The van der Waals surface area contributed by atoms with Crippen molar-refractivity contribution in [2.45, 2.75) is 18.6 Å². The maximum absolute atomic E-state index is 14.6. The van der Waals surface area contributed by atoms with Gasteiger partial charge < -0.3 is 19.6 Å². The standard InChI is InChI=1S/C9H13F2N2O12P3/c10-6-3-13(8(15)12-7(6)14)9(11)1-5(2-9)4-23-27(19,20)25-28(21,22)24-26(16,17)18/h3,5H,1-2,4H2,(H,19,20)(H,21,22)(H,12,14,15)(H2,16,17,18)/t5-,9-. The number of aromatic amines is 1. The molecular weight excluding hydrogens is 459 g/mol. The molecule has 0 radical (unpaired) electrons. The van der Waals surface area contributed by atoms with E-state index in [1.165, 1.54) is 0 Å². The van der Waals surface area contributed by atoms with Crippen molar-refractivity contribution in [3.63, 3.8) is 0 Å². The summed E-state index contributed by atoms with van der Waals surface area (Å²) in [5.74, 6) is -4.67. The van der Waals surface area contributed by atoms with E-state index in [-0.39, 0.29) is 0 Å². The Kier molecular flexibility index (Phi) is 6.35. The molecule has 1 saturated carbocycles. The quantitative estimate of drug-likeness (QED) is 0.317. The maximum atomic E-state index is 14.6. The summed E-state index contributed by atoms with van der Waals surface area (Å²) in [6.45, 7) is -0.740. The van der Waals surface area contributed by atoms with Crippen LogP contribution in [0.15, 0.2) is 15.8 Å². The van der Waals surface area contributed by atoms with E-state index in [0.717, 1.165) is 0 Å². The zero-order chi connectivity index (χ0) is 21.5. The molecule has 0 saturated heterocycles. The highest BCUT2D eigenvalue weighted by Gasteiger charge is 2.49. The molecule has 1 aliphatic carbocycles. The van der Waals surface area contributed by atoms with Gasteiger partial charge in [-0.05, 0) is 5.92 Å².